The summed E-state index contributed by atoms with van der Waals surface area (Å²) < 4.78 is 31.7. The second-order valence-corrected chi connectivity index (χ2v) is 8.97. The van der Waals surface area contributed by atoms with Crippen molar-refractivity contribution in [3.63, 3.8) is 0 Å². The van der Waals surface area contributed by atoms with Gasteiger partial charge in [0.1, 0.15) is 12.1 Å². The fourth-order valence-corrected chi connectivity index (χ4v) is 4.36. The molecule has 1 aromatic rings. The number of nitrogens with one attached hydrogen (secondary N) is 2. The van der Waals surface area contributed by atoms with Crippen LogP contribution >= 0.6 is 0 Å². The number of sulfonamides is 1. The van der Waals surface area contributed by atoms with Gasteiger partial charge in [-0.3, -0.25) is 14.5 Å². The third kappa shape index (κ3) is 4.01. The molecule has 2 aliphatic rings. The SMILES string of the molecule is CC1(C)NC(=O)N(CC(=O)Nc2ccc(S(=O)(=O)N3CCOCC3)cc2)C1=O. The minimum absolute atomic E-state index is 0.114. The summed E-state index contributed by atoms with van der Waals surface area (Å²) in [4.78, 5) is 37.1. The zero-order valence-electron chi connectivity index (χ0n) is 15.6. The first-order valence-corrected chi connectivity index (χ1v) is 10.2. The highest BCUT2D eigenvalue weighted by Crippen LogP contribution is 2.20. The van der Waals surface area contributed by atoms with E-state index in [-0.39, 0.29) is 4.90 Å². The lowest BCUT2D eigenvalue weighted by atomic mass is 10.1. The topological polar surface area (TPSA) is 125 Å². The number of imide groups is 1. The first-order chi connectivity index (χ1) is 13.1. The molecule has 0 saturated carbocycles. The molecule has 2 fully saturated rings. The van der Waals surface area contributed by atoms with Gasteiger partial charge in [0.25, 0.3) is 5.91 Å². The maximum absolute atomic E-state index is 12.6. The van der Waals surface area contributed by atoms with Crippen LogP contribution < -0.4 is 10.6 Å². The van der Waals surface area contributed by atoms with Gasteiger partial charge in [-0.1, -0.05) is 0 Å². The molecule has 4 amide bonds. The van der Waals surface area contributed by atoms with Gasteiger partial charge in [-0.2, -0.15) is 4.31 Å². The Labute approximate surface area is 162 Å². The lowest BCUT2D eigenvalue weighted by Crippen LogP contribution is -2.41. The summed E-state index contributed by atoms with van der Waals surface area (Å²) in [5.41, 5.74) is -0.690. The minimum atomic E-state index is -3.62. The maximum Gasteiger partial charge on any atom is 0.325 e. The Kier molecular flexibility index (Phi) is 5.41. The maximum atomic E-state index is 12.6. The van der Waals surface area contributed by atoms with Crippen molar-refractivity contribution in [2.45, 2.75) is 24.3 Å². The number of rotatable bonds is 5. The number of carbonyl (C=O) groups is 3. The van der Waals surface area contributed by atoms with E-state index in [0.717, 1.165) is 4.90 Å². The minimum Gasteiger partial charge on any atom is -0.379 e. The number of carbonyl (C=O) groups excluding carboxylic acids is 3. The number of urea groups is 1. The average Bonchev–Trinajstić information content (AvgIpc) is 2.84. The van der Waals surface area contributed by atoms with Gasteiger partial charge in [0.2, 0.25) is 15.9 Å². The van der Waals surface area contributed by atoms with Crippen molar-refractivity contribution in [1.82, 2.24) is 14.5 Å². The summed E-state index contributed by atoms with van der Waals surface area (Å²) in [6.45, 7) is 3.98. The lowest BCUT2D eigenvalue weighted by Gasteiger charge is -2.26. The van der Waals surface area contributed by atoms with Crippen molar-refractivity contribution in [3.8, 4) is 0 Å². The van der Waals surface area contributed by atoms with Crippen LogP contribution in [0.5, 0.6) is 0 Å². The molecule has 2 saturated heterocycles. The highest BCUT2D eigenvalue weighted by Gasteiger charge is 2.44. The smallest absolute Gasteiger partial charge is 0.325 e. The Balaban J connectivity index is 1.63. The molecule has 152 valence electrons. The van der Waals surface area contributed by atoms with Crippen LogP contribution in [0.1, 0.15) is 13.8 Å². The molecule has 0 radical (unpaired) electrons. The van der Waals surface area contributed by atoms with E-state index in [2.05, 4.69) is 10.6 Å². The van der Waals surface area contributed by atoms with E-state index < -0.39 is 40.0 Å². The van der Waals surface area contributed by atoms with E-state index in [4.69, 9.17) is 4.74 Å². The molecule has 2 N–H and O–H groups in total. The highest BCUT2D eigenvalue weighted by atomic mass is 32.2. The summed E-state index contributed by atoms with van der Waals surface area (Å²) in [5.74, 6) is -1.05. The summed E-state index contributed by atoms with van der Waals surface area (Å²) in [5, 5.41) is 5.05. The van der Waals surface area contributed by atoms with E-state index >= 15 is 0 Å². The van der Waals surface area contributed by atoms with Crippen molar-refractivity contribution in [3.05, 3.63) is 24.3 Å². The molecule has 3 rings (SSSR count). The van der Waals surface area contributed by atoms with Gasteiger partial charge in [-0.05, 0) is 38.1 Å². The number of hydrogen-bond acceptors (Lipinski definition) is 6. The van der Waals surface area contributed by atoms with Gasteiger partial charge in [-0.15, -0.1) is 0 Å². The number of amides is 4. The van der Waals surface area contributed by atoms with Crippen molar-refractivity contribution in [1.29, 1.82) is 0 Å². The van der Waals surface area contributed by atoms with E-state index in [1.807, 2.05) is 0 Å². The zero-order valence-corrected chi connectivity index (χ0v) is 16.4. The second-order valence-electron chi connectivity index (χ2n) is 7.04. The highest BCUT2D eigenvalue weighted by molar-refractivity contribution is 7.89. The number of hydrogen-bond donors (Lipinski definition) is 2. The first-order valence-electron chi connectivity index (χ1n) is 8.73. The van der Waals surface area contributed by atoms with Crippen LogP contribution in [-0.4, -0.2) is 73.9 Å². The zero-order chi connectivity index (χ0) is 20.5. The van der Waals surface area contributed by atoms with Crippen LogP contribution in [0.3, 0.4) is 0 Å². The molecule has 11 heteroatoms. The summed E-state index contributed by atoms with van der Waals surface area (Å²) in [6, 6.07) is 5.09. The second kappa shape index (κ2) is 7.49. The average molecular weight is 410 g/mol. The largest absolute Gasteiger partial charge is 0.379 e. The molecule has 1 aromatic carbocycles. The Bertz CT molecular complexity index is 891. The molecule has 2 aliphatic heterocycles. The summed E-state index contributed by atoms with van der Waals surface area (Å²) in [6.07, 6.45) is 0. The number of nitrogens with zero attached hydrogens (tertiary/aromatic N) is 2. The van der Waals surface area contributed by atoms with Gasteiger partial charge in [0, 0.05) is 18.8 Å². The van der Waals surface area contributed by atoms with Crippen molar-refractivity contribution < 1.29 is 27.5 Å². The van der Waals surface area contributed by atoms with E-state index in [1.165, 1.54) is 28.6 Å². The third-order valence-electron chi connectivity index (χ3n) is 4.49. The van der Waals surface area contributed by atoms with Crippen molar-refractivity contribution in [2.24, 2.45) is 0 Å². The number of benzene rings is 1. The van der Waals surface area contributed by atoms with Crippen LogP contribution in [0, 0.1) is 0 Å². The normalized spacial score (nSPS) is 20.1. The predicted octanol–water partition coefficient (Wildman–Crippen LogP) is -0.0236. The van der Waals surface area contributed by atoms with Crippen molar-refractivity contribution in [2.75, 3.05) is 38.2 Å². The monoisotopic (exact) mass is 410 g/mol. The van der Waals surface area contributed by atoms with Crippen LogP contribution in [0.4, 0.5) is 10.5 Å². The quantitative estimate of drug-likeness (QED) is 0.657. The van der Waals surface area contributed by atoms with Crippen LogP contribution in [0.15, 0.2) is 29.2 Å². The molecule has 0 unspecified atom stereocenters. The predicted molar refractivity (Wildman–Crippen MR) is 99.0 cm³/mol. The Morgan fingerprint density at radius 3 is 2.32 bits per heavy atom. The fourth-order valence-electron chi connectivity index (χ4n) is 2.95. The van der Waals surface area contributed by atoms with Gasteiger partial charge < -0.3 is 15.4 Å². The Hall–Kier alpha value is -2.50. The van der Waals surface area contributed by atoms with Crippen LogP contribution in [-0.2, 0) is 24.3 Å². The first kappa shape index (κ1) is 20.2. The van der Waals surface area contributed by atoms with Crippen LogP contribution in [0.25, 0.3) is 0 Å². The number of morpholine rings is 1. The molecule has 0 atom stereocenters. The summed E-state index contributed by atoms with van der Waals surface area (Å²) >= 11 is 0. The number of ether oxygens (including phenoxy) is 1. The molecule has 0 bridgehead atoms. The van der Waals surface area contributed by atoms with E-state index in [0.29, 0.717) is 32.0 Å². The molecular formula is C17H22N4O6S. The molecule has 0 aliphatic carbocycles. The van der Waals surface area contributed by atoms with Gasteiger partial charge in [0.05, 0.1) is 18.1 Å². The van der Waals surface area contributed by atoms with Crippen LogP contribution in [0.2, 0.25) is 0 Å². The van der Waals surface area contributed by atoms with Gasteiger partial charge in [0.15, 0.2) is 0 Å². The lowest BCUT2D eigenvalue weighted by molar-refractivity contribution is -0.132. The van der Waals surface area contributed by atoms with E-state index in [9.17, 15) is 22.8 Å². The van der Waals surface area contributed by atoms with Gasteiger partial charge >= 0.3 is 6.03 Å². The molecule has 10 nitrogen and oxygen atoms in total. The number of anilines is 1. The fraction of sp³-hybridized carbons (Fsp3) is 0.471. The summed E-state index contributed by atoms with van der Waals surface area (Å²) in [7, 11) is -3.62. The third-order valence-corrected chi connectivity index (χ3v) is 6.40. The molecule has 28 heavy (non-hydrogen) atoms. The molecule has 0 aromatic heterocycles. The van der Waals surface area contributed by atoms with Crippen molar-refractivity contribution >= 4 is 33.6 Å². The van der Waals surface area contributed by atoms with Gasteiger partial charge in [-0.25, -0.2) is 13.2 Å². The van der Waals surface area contributed by atoms with E-state index in [1.54, 1.807) is 13.8 Å². The Morgan fingerprint density at radius 2 is 1.79 bits per heavy atom. The molecule has 2 heterocycles. The standard InChI is InChI=1S/C17H22N4O6S/c1-17(2)15(23)21(16(24)19-17)11-14(22)18-12-3-5-13(6-4-12)28(25,26)20-7-9-27-10-8-20/h3-6H,7-11H2,1-2H3,(H,18,22)(H,19,24). The Morgan fingerprint density at radius 1 is 1.18 bits per heavy atom. The molecule has 0 spiro atoms. The molecular weight excluding hydrogens is 388 g/mol.